The van der Waals surface area contributed by atoms with Crippen molar-refractivity contribution in [3.8, 4) is 0 Å². The first-order chi connectivity index (χ1) is 9.56. The van der Waals surface area contributed by atoms with Crippen LogP contribution in [0.4, 0.5) is 13.2 Å². The molecular formula is C16H16F3N. The van der Waals surface area contributed by atoms with Crippen molar-refractivity contribution < 1.29 is 13.2 Å². The van der Waals surface area contributed by atoms with Crippen molar-refractivity contribution in [2.45, 2.75) is 19.9 Å². The quantitative estimate of drug-likeness (QED) is 0.888. The number of rotatable bonds is 4. The van der Waals surface area contributed by atoms with E-state index in [9.17, 15) is 13.2 Å². The topological polar surface area (TPSA) is 12.0 Å². The molecule has 106 valence electrons. The Kier molecular flexibility index (Phi) is 4.45. The van der Waals surface area contributed by atoms with Crippen molar-refractivity contribution in [1.82, 2.24) is 5.32 Å². The van der Waals surface area contributed by atoms with E-state index >= 15 is 0 Å². The summed E-state index contributed by atoms with van der Waals surface area (Å²) in [5.74, 6) is -2.28. The van der Waals surface area contributed by atoms with Crippen LogP contribution in [0.2, 0.25) is 0 Å². The third kappa shape index (κ3) is 2.70. The zero-order valence-electron chi connectivity index (χ0n) is 11.4. The molecule has 0 radical (unpaired) electrons. The summed E-state index contributed by atoms with van der Waals surface area (Å²) in [7, 11) is 0. The highest BCUT2D eigenvalue weighted by molar-refractivity contribution is 5.36. The lowest BCUT2D eigenvalue weighted by Crippen LogP contribution is -2.24. The molecule has 0 saturated heterocycles. The summed E-state index contributed by atoms with van der Waals surface area (Å²) in [4.78, 5) is 0. The fraction of sp³-hybridized carbons (Fsp3) is 0.250. The second-order valence-electron chi connectivity index (χ2n) is 4.61. The lowest BCUT2D eigenvalue weighted by atomic mass is 9.96. The van der Waals surface area contributed by atoms with Gasteiger partial charge in [0, 0.05) is 11.1 Å². The molecule has 1 N–H and O–H groups in total. The van der Waals surface area contributed by atoms with Gasteiger partial charge < -0.3 is 5.32 Å². The van der Waals surface area contributed by atoms with E-state index in [-0.39, 0.29) is 5.56 Å². The summed E-state index contributed by atoms with van der Waals surface area (Å²) in [6, 6.07) is 8.16. The van der Waals surface area contributed by atoms with Gasteiger partial charge in [0.2, 0.25) is 0 Å². The summed E-state index contributed by atoms with van der Waals surface area (Å²) in [6.45, 7) is 3.98. The largest absolute Gasteiger partial charge is 0.306 e. The van der Waals surface area contributed by atoms with Gasteiger partial charge in [0.15, 0.2) is 11.6 Å². The smallest absolute Gasteiger partial charge is 0.163 e. The van der Waals surface area contributed by atoms with Crippen molar-refractivity contribution in [2.75, 3.05) is 6.54 Å². The van der Waals surface area contributed by atoms with Crippen molar-refractivity contribution >= 4 is 0 Å². The maximum absolute atomic E-state index is 14.2. The van der Waals surface area contributed by atoms with Crippen LogP contribution < -0.4 is 5.32 Å². The minimum absolute atomic E-state index is 0.108. The van der Waals surface area contributed by atoms with E-state index in [0.717, 1.165) is 6.07 Å². The van der Waals surface area contributed by atoms with E-state index in [1.165, 1.54) is 12.1 Å². The molecule has 2 rings (SSSR count). The monoisotopic (exact) mass is 279 g/mol. The van der Waals surface area contributed by atoms with Gasteiger partial charge in [-0.25, -0.2) is 13.2 Å². The Morgan fingerprint density at radius 1 is 0.950 bits per heavy atom. The van der Waals surface area contributed by atoms with E-state index in [1.54, 1.807) is 25.1 Å². The molecule has 0 aliphatic rings. The van der Waals surface area contributed by atoms with Gasteiger partial charge in [-0.3, -0.25) is 0 Å². The molecule has 1 atom stereocenters. The van der Waals surface area contributed by atoms with Gasteiger partial charge in [-0.1, -0.05) is 37.3 Å². The molecule has 0 aromatic heterocycles. The standard InChI is InChI=1S/C16H16F3N/c1-3-20-16(11-7-4-6-10(2)14(11)18)12-8-5-9-13(17)15(12)19/h4-9,16,20H,3H2,1-2H3. The zero-order chi connectivity index (χ0) is 14.7. The Bertz CT molecular complexity index is 559. The number of benzene rings is 2. The Labute approximate surface area is 116 Å². The van der Waals surface area contributed by atoms with E-state index in [1.807, 2.05) is 6.92 Å². The summed E-state index contributed by atoms with van der Waals surface area (Å²) in [6.07, 6.45) is 0. The lowest BCUT2D eigenvalue weighted by Gasteiger charge is -2.21. The van der Waals surface area contributed by atoms with Crippen molar-refractivity contribution in [1.29, 1.82) is 0 Å². The molecule has 0 aliphatic carbocycles. The molecule has 1 unspecified atom stereocenters. The summed E-state index contributed by atoms with van der Waals surface area (Å²) < 4.78 is 41.6. The number of hydrogen-bond acceptors (Lipinski definition) is 1. The third-order valence-electron chi connectivity index (χ3n) is 3.23. The van der Waals surface area contributed by atoms with Crippen molar-refractivity contribution in [3.05, 3.63) is 70.5 Å². The zero-order valence-corrected chi connectivity index (χ0v) is 11.4. The molecular weight excluding hydrogens is 263 g/mol. The molecule has 0 bridgehead atoms. The molecule has 0 fully saturated rings. The Hall–Kier alpha value is -1.81. The number of nitrogens with one attached hydrogen (secondary N) is 1. The highest BCUT2D eigenvalue weighted by Crippen LogP contribution is 2.28. The number of hydrogen-bond donors (Lipinski definition) is 1. The molecule has 20 heavy (non-hydrogen) atoms. The van der Waals surface area contributed by atoms with Gasteiger partial charge >= 0.3 is 0 Å². The number of halogens is 3. The van der Waals surface area contributed by atoms with Crippen LogP contribution in [0.3, 0.4) is 0 Å². The first-order valence-corrected chi connectivity index (χ1v) is 6.48. The molecule has 4 heteroatoms. The summed E-state index contributed by atoms with van der Waals surface area (Å²) in [5, 5.41) is 3.00. The molecule has 2 aromatic carbocycles. The third-order valence-corrected chi connectivity index (χ3v) is 3.23. The van der Waals surface area contributed by atoms with Crippen molar-refractivity contribution in [2.24, 2.45) is 0 Å². The Balaban J connectivity index is 2.56. The molecule has 0 saturated carbocycles. The molecule has 2 aromatic rings. The van der Waals surface area contributed by atoms with Crippen LogP contribution in [-0.2, 0) is 0 Å². The van der Waals surface area contributed by atoms with Gasteiger partial charge in [0.25, 0.3) is 0 Å². The van der Waals surface area contributed by atoms with E-state index in [0.29, 0.717) is 17.7 Å². The Morgan fingerprint density at radius 2 is 1.55 bits per heavy atom. The minimum Gasteiger partial charge on any atom is -0.306 e. The van der Waals surface area contributed by atoms with Crippen LogP contribution in [0.15, 0.2) is 36.4 Å². The van der Waals surface area contributed by atoms with Crippen LogP contribution in [0.25, 0.3) is 0 Å². The molecule has 1 nitrogen and oxygen atoms in total. The SMILES string of the molecule is CCNC(c1cccc(C)c1F)c1cccc(F)c1F. The highest BCUT2D eigenvalue weighted by atomic mass is 19.2. The van der Waals surface area contributed by atoms with E-state index in [2.05, 4.69) is 5.32 Å². The van der Waals surface area contributed by atoms with Crippen LogP contribution in [0, 0.1) is 24.4 Å². The average Bonchev–Trinajstić information content (AvgIpc) is 2.43. The minimum atomic E-state index is -0.945. The van der Waals surface area contributed by atoms with Crippen LogP contribution in [0.1, 0.15) is 29.7 Å². The predicted molar refractivity (Wildman–Crippen MR) is 73.0 cm³/mol. The van der Waals surface area contributed by atoms with Gasteiger partial charge in [0.05, 0.1) is 6.04 Å². The van der Waals surface area contributed by atoms with Gasteiger partial charge in [-0.15, -0.1) is 0 Å². The first kappa shape index (κ1) is 14.6. The van der Waals surface area contributed by atoms with Gasteiger partial charge in [-0.2, -0.15) is 0 Å². The number of aryl methyl sites for hydroxylation is 1. The average molecular weight is 279 g/mol. The highest BCUT2D eigenvalue weighted by Gasteiger charge is 2.22. The fourth-order valence-electron chi connectivity index (χ4n) is 2.23. The Morgan fingerprint density at radius 3 is 2.20 bits per heavy atom. The van der Waals surface area contributed by atoms with Crippen LogP contribution >= 0.6 is 0 Å². The second-order valence-corrected chi connectivity index (χ2v) is 4.61. The van der Waals surface area contributed by atoms with Gasteiger partial charge in [-0.05, 0) is 25.1 Å². The normalized spacial score (nSPS) is 12.4. The maximum atomic E-state index is 14.2. The van der Waals surface area contributed by atoms with Gasteiger partial charge in [0.1, 0.15) is 5.82 Å². The first-order valence-electron chi connectivity index (χ1n) is 6.48. The van der Waals surface area contributed by atoms with Crippen LogP contribution in [0.5, 0.6) is 0 Å². The molecule has 0 spiro atoms. The van der Waals surface area contributed by atoms with E-state index in [4.69, 9.17) is 0 Å². The van der Waals surface area contributed by atoms with Crippen molar-refractivity contribution in [3.63, 3.8) is 0 Å². The molecule has 0 amide bonds. The molecule has 0 heterocycles. The summed E-state index contributed by atoms with van der Waals surface area (Å²) >= 11 is 0. The predicted octanol–water partition coefficient (Wildman–Crippen LogP) is 4.11. The van der Waals surface area contributed by atoms with E-state index < -0.39 is 23.5 Å². The van der Waals surface area contributed by atoms with Crippen LogP contribution in [-0.4, -0.2) is 6.54 Å². The maximum Gasteiger partial charge on any atom is 0.163 e. The lowest BCUT2D eigenvalue weighted by molar-refractivity contribution is 0.476. The summed E-state index contributed by atoms with van der Waals surface area (Å²) in [5.41, 5.74) is 0.898. The molecule has 0 aliphatic heterocycles. The second kappa shape index (κ2) is 6.09. The fourth-order valence-corrected chi connectivity index (χ4v) is 2.23.